The van der Waals surface area contributed by atoms with Crippen LogP contribution in [0.2, 0.25) is 5.02 Å². The van der Waals surface area contributed by atoms with Crippen molar-refractivity contribution < 1.29 is 27.1 Å². The number of carbonyl (C=O) groups is 1. The third-order valence-corrected chi connectivity index (χ3v) is 4.90. The lowest BCUT2D eigenvalue weighted by molar-refractivity contribution is -0.352. The van der Waals surface area contributed by atoms with Gasteiger partial charge in [-0.15, -0.1) is 28.5 Å². The normalized spacial score (nSPS) is 18.7. The number of fused-ring (bicyclic) bond motifs is 1. The van der Waals surface area contributed by atoms with Crippen molar-refractivity contribution in [3.63, 3.8) is 0 Å². The zero-order valence-electron chi connectivity index (χ0n) is 15.9. The van der Waals surface area contributed by atoms with Crippen LogP contribution in [0.3, 0.4) is 0 Å². The second-order valence-corrected chi connectivity index (χ2v) is 7.47. The van der Waals surface area contributed by atoms with Gasteiger partial charge in [0.1, 0.15) is 0 Å². The standard InChI is InChI=1S/C18H16ClF3N6O3/c1-9(23-16(29)15-24-13-8-11(19)4-5-28(13)27-15)2-3-14-25-26-17(30-14)10-6-12(7-10)31-18(20,21)22/h4-5,8,10,12H,1-3,6-7H2,(H,23,29)/t10-,12+. The topological polar surface area (TPSA) is 107 Å². The first-order valence-corrected chi connectivity index (χ1v) is 9.62. The SMILES string of the molecule is C=C(CCc1nnc([C@H]2C[C@@H](OC(F)(F)F)C2)o1)NC(=O)c1nc2cc(Cl)ccn2n1. The first-order valence-electron chi connectivity index (χ1n) is 9.24. The highest BCUT2D eigenvalue weighted by atomic mass is 35.5. The molecular formula is C18H16ClF3N6O3. The van der Waals surface area contributed by atoms with Crippen LogP contribution in [0.15, 0.2) is 35.0 Å². The van der Waals surface area contributed by atoms with Gasteiger partial charge in [0.2, 0.25) is 17.6 Å². The summed E-state index contributed by atoms with van der Waals surface area (Å²) in [6.45, 7) is 3.79. The van der Waals surface area contributed by atoms with Crippen LogP contribution in [0.25, 0.3) is 5.65 Å². The summed E-state index contributed by atoms with van der Waals surface area (Å²) in [6.07, 6.45) is -3.00. The number of allylic oxidation sites excluding steroid dienone is 1. The highest BCUT2D eigenvalue weighted by Crippen LogP contribution is 2.40. The van der Waals surface area contributed by atoms with Crippen LogP contribution in [-0.2, 0) is 11.2 Å². The van der Waals surface area contributed by atoms with Gasteiger partial charge in [-0.3, -0.25) is 9.53 Å². The monoisotopic (exact) mass is 456 g/mol. The maximum atomic E-state index is 12.3. The van der Waals surface area contributed by atoms with Gasteiger partial charge in [-0.1, -0.05) is 18.2 Å². The van der Waals surface area contributed by atoms with Crippen molar-refractivity contribution in [3.05, 3.63) is 53.2 Å². The number of halogens is 4. The number of nitrogens with zero attached hydrogens (tertiary/aromatic N) is 5. The fourth-order valence-electron chi connectivity index (χ4n) is 3.07. The average Bonchev–Trinajstić information content (AvgIpc) is 3.28. The van der Waals surface area contributed by atoms with E-state index in [-0.39, 0.29) is 30.5 Å². The van der Waals surface area contributed by atoms with Crippen LogP contribution in [0.4, 0.5) is 13.2 Å². The van der Waals surface area contributed by atoms with Crippen molar-refractivity contribution in [2.45, 2.75) is 44.1 Å². The minimum Gasteiger partial charge on any atom is -0.425 e. The number of ether oxygens (including phenoxy) is 1. The van der Waals surface area contributed by atoms with Gasteiger partial charge in [-0.05, 0) is 25.3 Å². The molecular weight excluding hydrogens is 441 g/mol. The summed E-state index contributed by atoms with van der Waals surface area (Å²) in [6, 6.07) is 3.20. The first kappa shape index (κ1) is 21.2. The zero-order valence-corrected chi connectivity index (χ0v) is 16.7. The zero-order chi connectivity index (χ0) is 22.2. The summed E-state index contributed by atoms with van der Waals surface area (Å²) in [7, 11) is 0. The fraction of sp³-hybridized carbons (Fsp3) is 0.389. The van der Waals surface area contributed by atoms with E-state index >= 15 is 0 Å². The van der Waals surface area contributed by atoms with E-state index in [0.29, 0.717) is 35.1 Å². The summed E-state index contributed by atoms with van der Waals surface area (Å²) < 4.78 is 47.4. The molecule has 9 nitrogen and oxygen atoms in total. The number of carbonyl (C=O) groups excluding carboxylic acids is 1. The molecule has 0 atom stereocenters. The number of alkyl halides is 3. The summed E-state index contributed by atoms with van der Waals surface area (Å²) in [4.78, 5) is 16.4. The molecule has 0 saturated heterocycles. The predicted molar refractivity (Wildman–Crippen MR) is 100 cm³/mol. The van der Waals surface area contributed by atoms with Gasteiger partial charge in [0.05, 0.1) is 6.10 Å². The highest BCUT2D eigenvalue weighted by Gasteiger charge is 2.42. The Balaban J connectivity index is 1.25. The molecule has 3 aromatic heterocycles. The van der Waals surface area contributed by atoms with E-state index in [1.54, 1.807) is 18.3 Å². The van der Waals surface area contributed by atoms with Crippen LogP contribution in [0.1, 0.15) is 47.6 Å². The van der Waals surface area contributed by atoms with Crippen molar-refractivity contribution in [1.82, 2.24) is 30.1 Å². The van der Waals surface area contributed by atoms with Gasteiger partial charge < -0.3 is 9.73 Å². The number of aromatic nitrogens is 5. The molecule has 1 fully saturated rings. The molecule has 0 aromatic carbocycles. The van der Waals surface area contributed by atoms with Crippen LogP contribution >= 0.6 is 11.6 Å². The molecule has 4 rings (SSSR count). The Morgan fingerprint density at radius 2 is 2.16 bits per heavy atom. The van der Waals surface area contributed by atoms with Crippen molar-refractivity contribution in [3.8, 4) is 0 Å². The van der Waals surface area contributed by atoms with Gasteiger partial charge in [0.25, 0.3) is 5.91 Å². The van der Waals surface area contributed by atoms with Crippen molar-refractivity contribution >= 4 is 23.2 Å². The van der Waals surface area contributed by atoms with Gasteiger partial charge in [-0.2, -0.15) is 0 Å². The Morgan fingerprint density at radius 1 is 1.39 bits per heavy atom. The summed E-state index contributed by atoms with van der Waals surface area (Å²) in [5, 5.41) is 14.9. The minimum absolute atomic E-state index is 0.0379. The predicted octanol–water partition coefficient (Wildman–Crippen LogP) is 3.42. The summed E-state index contributed by atoms with van der Waals surface area (Å²) in [5.41, 5.74) is 0.824. The van der Waals surface area contributed by atoms with E-state index in [9.17, 15) is 18.0 Å². The second kappa shape index (κ2) is 8.27. The maximum Gasteiger partial charge on any atom is 0.522 e. The third-order valence-electron chi connectivity index (χ3n) is 4.66. The molecule has 3 heterocycles. The van der Waals surface area contributed by atoms with E-state index in [4.69, 9.17) is 16.0 Å². The smallest absolute Gasteiger partial charge is 0.425 e. The maximum absolute atomic E-state index is 12.3. The lowest BCUT2D eigenvalue weighted by atomic mass is 9.82. The molecule has 1 N–H and O–H groups in total. The van der Waals surface area contributed by atoms with Crippen molar-refractivity contribution in [2.75, 3.05) is 0 Å². The Kier molecular flexibility index (Phi) is 5.67. The molecule has 3 aromatic rings. The average molecular weight is 457 g/mol. The second-order valence-electron chi connectivity index (χ2n) is 7.03. The molecule has 0 aliphatic heterocycles. The highest BCUT2D eigenvalue weighted by molar-refractivity contribution is 6.30. The van der Waals surface area contributed by atoms with E-state index in [0.717, 1.165) is 0 Å². The fourth-order valence-corrected chi connectivity index (χ4v) is 3.23. The van der Waals surface area contributed by atoms with E-state index in [1.807, 2.05) is 0 Å². The molecule has 1 saturated carbocycles. The molecule has 0 bridgehead atoms. The van der Waals surface area contributed by atoms with Gasteiger partial charge in [0.15, 0.2) is 5.65 Å². The van der Waals surface area contributed by atoms with E-state index in [2.05, 4.69) is 36.9 Å². The lowest BCUT2D eigenvalue weighted by Crippen LogP contribution is -2.34. The number of rotatable bonds is 7. The molecule has 1 aliphatic carbocycles. The summed E-state index contributed by atoms with van der Waals surface area (Å²) >= 11 is 5.89. The Labute approximate surface area is 178 Å². The Morgan fingerprint density at radius 3 is 2.90 bits per heavy atom. The van der Waals surface area contributed by atoms with Crippen LogP contribution < -0.4 is 5.32 Å². The van der Waals surface area contributed by atoms with Gasteiger partial charge >= 0.3 is 6.36 Å². The quantitative estimate of drug-likeness (QED) is 0.580. The molecule has 1 amide bonds. The number of amides is 1. The number of aryl methyl sites for hydroxylation is 1. The summed E-state index contributed by atoms with van der Waals surface area (Å²) in [5.74, 6) is -0.248. The molecule has 13 heteroatoms. The van der Waals surface area contributed by atoms with E-state index < -0.39 is 18.4 Å². The molecule has 1 aliphatic rings. The Hall–Kier alpha value is -2.99. The first-order chi connectivity index (χ1) is 14.7. The van der Waals surface area contributed by atoms with Crippen molar-refractivity contribution in [1.29, 1.82) is 0 Å². The van der Waals surface area contributed by atoms with Crippen LogP contribution in [0.5, 0.6) is 0 Å². The van der Waals surface area contributed by atoms with Crippen LogP contribution in [-0.4, -0.2) is 43.2 Å². The molecule has 0 radical (unpaired) electrons. The molecule has 164 valence electrons. The van der Waals surface area contributed by atoms with Gasteiger partial charge in [0, 0.05) is 35.3 Å². The third kappa shape index (κ3) is 5.20. The largest absolute Gasteiger partial charge is 0.522 e. The Bertz CT molecular complexity index is 1120. The molecule has 0 unspecified atom stereocenters. The molecule has 31 heavy (non-hydrogen) atoms. The van der Waals surface area contributed by atoms with Crippen LogP contribution in [0, 0.1) is 0 Å². The number of nitrogens with one attached hydrogen (secondary N) is 1. The minimum atomic E-state index is -4.65. The lowest BCUT2D eigenvalue weighted by Gasteiger charge is -2.32. The van der Waals surface area contributed by atoms with E-state index in [1.165, 1.54) is 4.52 Å². The molecule has 0 spiro atoms. The van der Waals surface area contributed by atoms with Gasteiger partial charge in [-0.25, -0.2) is 9.50 Å². The number of hydrogen-bond donors (Lipinski definition) is 1. The number of hydrogen-bond acceptors (Lipinski definition) is 7. The van der Waals surface area contributed by atoms with Crippen molar-refractivity contribution in [2.24, 2.45) is 0 Å². The number of pyridine rings is 1.